The summed E-state index contributed by atoms with van der Waals surface area (Å²) in [5, 5.41) is 12.3. The number of nitrogens with two attached hydrogens (primary N) is 1. The van der Waals surface area contributed by atoms with E-state index < -0.39 is 0 Å². The number of anilines is 1. The molecule has 0 amide bonds. The summed E-state index contributed by atoms with van der Waals surface area (Å²) in [5.41, 5.74) is 8.73. The van der Waals surface area contributed by atoms with E-state index in [0.717, 1.165) is 16.8 Å². The molecule has 0 aliphatic heterocycles. The number of oxime groups is 1. The monoisotopic (exact) mass is 238 g/mol. The summed E-state index contributed by atoms with van der Waals surface area (Å²) >= 11 is 0. The maximum absolute atomic E-state index is 9.02. The van der Waals surface area contributed by atoms with Crippen molar-refractivity contribution in [3.63, 3.8) is 0 Å². The lowest BCUT2D eigenvalue weighted by atomic mass is 10.1. The number of hydrogen-bond acceptors (Lipinski definition) is 3. The molecule has 2 aromatic carbocycles. The average molecular weight is 238 g/mol. The predicted molar refractivity (Wildman–Crippen MR) is 74.7 cm³/mol. The molecule has 0 aliphatic carbocycles. The molecule has 2 rings (SSSR count). The van der Waals surface area contributed by atoms with Crippen LogP contribution >= 0.6 is 0 Å². The van der Waals surface area contributed by atoms with Gasteiger partial charge in [0.15, 0.2) is 0 Å². The first-order valence-corrected chi connectivity index (χ1v) is 5.61. The van der Waals surface area contributed by atoms with Crippen LogP contribution in [0.4, 0.5) is 5.69 Å². The molecule has 3 nitrogen and oxygen atoms in total. The highest BCUT2D eigenvalue weighted by Crippen LogP contribution is 2.09. The van der Waals surface area contributed by atoms with Gasteiger partial charge in [0.2, 0.25) is 0 Å². The van der Waals surface area contributed by atoms with Crippen LogP contribution in [0.1, 0.15) is 11.1 Å². The Bertz CT molecular complexity index is 557. The van der Waals surface area contributed by atoms with Crippen LogP contribution in [-0.2, 0) is 0 Å². The first kappa shape index (κ1) is 11.9. The maximum atomic E-state index is 9.02. The lowest BCUT2D eigenvalue weighted by Gasteiger charge is -1.99. The fourth-order valence-corrected chi connectivity index (χ4v) is 1.58. The van der Waals surface area contributed by atoms with Crippen LogP contribution in [0.25, 0.3) is 6.08 Å². The molecule has 0 saturated heterocycles. The van der Waals surface area contributed by atoms with Crippen LogP contribution in [0.2, 0.25) is 0 Å². The second-order valence-corrected chi connectivity index (χ2v) is 3.85. The summed E-state index contributed by atoms with van der Waals surface area (Å²) in [5.74, 6) is 0. The van der Waals surface area contributed by atoms with Crippen molar-refractivity contribution >= 4 is 17.5 Å². The summed E-state index contributed by atoms with van der Waals surface area (Å²) in [4.78, 5) is 0. The Morgan fingerprint density at radius 3 is 2.28 bits per heavy atom. The van der Waals surface area contributed by atoms with E-state index in [-0.39, 0.29) is 0 Å². The van der Waals surface area contributed by atoms with Crippen molar-refractivity contribution in [1.82, 2.24) is 0 Å². The number of allylic oxidation sites excluding steroid dienone is 1. The zero-order valence-corrected chi connectivity index (χ0v) is 9.82. The van der Waals surface area contributed by atoms with E-state index in [2.05, 4.69) is 5.16 Å². The van der Waals surface area contributed by atoms with Gasteiger partial charge in [-0.25, -0.2) is 0 Å². The minimum Gasteiger partial charge on any atom is -0.410 e. The van der Waals surface area contributed by atoms with E-state index >= 15 is 0 Å². The molecule has 0 unspecified atom stereocenters. The predicted octanol–water partition coefficient (Wildman–Crippen LogP) is 3.16. The van der Waals surface area contributed by atoms with E-state index in [1.165, 1.54) is 0 Å². The zero-order valence-electron chi connectivity index (χ0n) is 9.82. The van der Waals surface area contributed by atoms with E-state index in [9.17, 15) is 0 Å². The van der Waals surface area contributed by atoms with Crippen molar-refractivity contribution in [3.8, 4) is 0 Å². The van der Waals surface area contributed by atoms with Crippen molar-refractivity contribution in [2.24, 2.45) is 5.16 Å². The molecule has 3 heteroatoms. The van der Waals surface area contributed by atoms with E-state index in [1.54, 1.807) is 6.08 Å². The van der Waals surface area contributed by atoms with Gasteiger partial charge in [0.05, 0.1) is 0 Å². The third kappa shape index (κ3) is 2.98. The van der Waals surface area contributed by atoms with Crippen molar-refractivity contribution in [3.05, 3.63) is 71.8 Å². The van der Waals surface area contributed by atoms with Gasteiger partial charge in [0.1, 0.15) is 5.71 Å². The fourth-order valence-electron chi connectivity index (χ4n) is 1.58. The molecule has 0 fully saturated rings. The standard InChI is InChI=1S/C15H14N2O/c16-14-9-6-12(7-10-14)8-11-15(17-18)13-4-2-1-3-5-13/h1-11,18H,16H2/b11-8+,17-15-. The van der Waals surface area contributed by atoms with Gasteiger partial charge in [0.25, 0.3) is 0 Å². The minimum absolute atomic E-state index is 0.521. The van der Waals surface area contributed by atoms with Gasteiger partial charge < -0.3 is 10.9 Å². The third-order valence-corrected chi connectivity index (χ3v) is 2.55. The van der Waals surface area contributed by atoms with E-state index in [1.807, 2.05) is 60.7 Å². The fraction of sp³-hybridized carbons (Fsp3) is 0. The number of nitrogen functional groups attached to an aromatic ring is 1. The molecule has 0 bridgehead atoms. The van der Waals surface area contributed by atoms with Gasteiger partial charge >= 0.3 is 0 Å². The Labute approximate surface area is 106 Å². The van der Waals surface area contributed by atoms with Crippen LogP contribution in [0.5, 0.6) is 0 Å². The molecule has 2 aromatic rings. The topological polar surface area (TPSA) is 58.6 Å². The van der Waals surface area contributed by atoms with Crippen LogP contribution in [0.15, 0.2) is 65.8 Å². The molecular weight excluding hydrogens is 224 g/mol. The number of nitrogens with zero attached hydrogens (tertiary/aromatic N) is 1. The molecule has 0 heterocycles. The maximum Gasteiger partial charge on any atom is 0.109 e. The quantitative estimate of drug-likeness (QED) is 0.373. The highest BCUT2D eigenvalue weighted by molar-refractivity contribution is 6.10. The lowest BCUT2D eigenvalue weighted by molar-refractivity contribution is 0.320. The zero-order chi connectivity index (χ0) is 12.8. The summed E-state index contributed by atoms with van der Waals surface area (Å²) in [7, 11) is 0. The van der Waals surface area contributed by atoms with Crippen LogP contribution in [0.3, 0.4) is 0 Å². The first-order chi connectivity index (χ1) is 8.79. The van der Waals surface area contributed by atoms with E-state index in [0.29, 0.717) is 5.71 Å². The molecule has 0 radical (unpaired) electrons. The van der Waals surface area contributed by atoms with Crippen LogP contribution in [-0.4, -0.2) is 10.9 Å². The van der Waals surface area contributed by atoms with Crippen molar-refractivity contribution in [1.29, 1.82) is 0 Å². The highest BCUT2D eigenvalue weighted by Gasteiger charge is 1.98. The Hall–Kier alpha value is -2.55. The summed E-state index contributed by atoms with van der Waals surface area (Å²) < 4.78 is 0. The van der Waals surface area contributed by atoms with Crippen LogP contribution in [0, 0.1) is 0 Å². The summed E-state index contributed by atoms with van der Waals surface area (Å²) in [6.45, 7) is 0. The van der Waals surface area contributed by atoms with Gasteiger partial charge in [-0.2, -0.15) is 0 Å². The summed E-state index contributed by atoms with van der Waals surface area (Å²) in [6, 6.07) is 17.0. The minimum atomic E-state index is 0.521. The Kier molecular flexibility index (Phi) is 3.76. The molecule has 0 aliphatic rings. The lowest BCUT2D eigenvalue weighted by Crippen LogP contribution is -1.95. The normalized spacial score (nSPS) is 11.9. The molecule has 0 aromatic heterocycles. The average Bonchev–Trinajstić information content (AvgIpc) is 2.43. The van der Waals surface area contributed by atoms with Crippen LogP contribution < -0.4 is 5.73 Å². The molecule has 0 spiro atoms. The van der Waals surface area contributed by atoms with Crippen molar-refractivity contribution in [2.75, 3.05) is 5.73 Å². The molecular formula is C15H14N2O. The Balaban J connectivity index is 2.19. The largest absolute Gasteiger partial charge is 0.410 e. The molecule has 18 heavy (non-hydrogen) atoms. The molecule has 0 saturated carbocycles. The molecule has 3 N–H and O–H groups in total. The highest BCUT2D eigenvalue weighted by atomic mass is 16.4. The smallest absolute Gasteiger partial charge is 0.109 e. The Morgan fingerprint density at radius 1 is 1.00 bits per heavy atom. The Morgan fingerprint density at radius 2 is 1.67 bits per heavy atom. The molecule has 0 atom stereocenters. The first-order valence-electron chi connectivity index (χ1n) is 5.61. The van der Waals surface area contributed by atoms with Gasteiger partial charge in [-0.1, -0.05) is 53.7 Å². The SMILES string of the molecule is Nc1ccc(/C=C/C(=N/O)c2ccccc2)cc1. The van der Waals surface area contributed by atoms with Gasteiger partial charge in [-0.3, -0.25) is 0 Å². The number of rotatable bonds is 3. The second-order valence-electron chi connectivity index (χ2n) is 3.85. The summed E-state index contributed by atoms with van der Waals surface area (Å²) in [6.07, 6.45) is 3.64. The van der Waals surface area contributed by atoms with Crippen molar-refractivity contribution in [2.45, 2.75) is 0 Å². The third-order valence-electron chi connectivity index (χ3n) is 2.55. The number of hydrogen-bond donors (Lipinski definition) is 2. The van der Waals surface area contributed by atoms with Gasteiger partial charge in [-0.15, -0.1) is 0 Å². The second kappa shape index (κ2) is 5.68. The number of benzene rings is 2. The van der Waals surface area contributed by atoms with Gasteiger partial charge in [-0.05, 0) is 23.8 Å². The van der Waals surface area contributed by atoms with Gasteiger partial charge in [0, 0.05) is 11.3 Å². The van der Waals surface area contributed by atoms with E-state index in [4.69, 9.17) is 10.9 Å². The molecule has 90 valence electrons. The van der Waals surface area contributed by atoms with Crippen molar-refractivity contribution < 1.29 is 5.21 Å².